The lowest BCUT2D eigenvalue weighted by Gasteiger charge is -2.26. The summed E-state index contributed by atoms with van der Waals surface area (Å²) in [5.74, 6) is 0. The zero-order valence-electron chi connectivity index (χ0n) is 30.7. The Morgan fingerprint density at radius 1 is 0.268 bits per heavy atom. The first-order chi connectivity index (χ1) is 27.8. The van der Waals surface area contributed by atoms with Gasteiger partial charge in [0.1, 0.15) is 11.2 Å². The lowest BCUT2D eigenvalue weighted by molar-refractivity contribution is 0.670. The number of hydrogen-bond acceptors (Lipinski definition) is 2. The van der Waals surface area contributed by atoms with E-state index in [4.69, 9.17) is 4.42 Å². The van der Waals surface area contributed by atoms with E-state index >= 15 is 0 Å². The summed E-state index contributed by atoms with van der Waals surface area (Å²) in [6, 6.07) is 80.0. The minimum Gasteiger partial charge on any atom is -0.455 e. The lowest BCUT2D eigenvalue weighted by Crippen LogP contribution is -2.10. The quantitative estimate of drug-likeness (QED) is 0.156. The van der Waals surface area contributed by atoms with Crippen LogP contribution in [0.25, 0.3) is 77.6 Å². The van der Waals surface area contributed by atoms with E-state index in [2.05, 4.69) is 217 Å². The monoisotopic (exact) mass is 715 g/mol. The summed E-state index contributed by atoms with van der Waals surface area (Å²) in [7, 11) is 0. The molecule has 0 radical (unpaired) electrons. The van der Waals surface area contributed by atoms with E-state index < -0.39 is 0 Å². The molecule has 0 amide bonds. The molecule has 10 rings (SSSR count). The molecule has 264 valence electrons. The molecule has 2 heteroatoms. The van der Waals surface area contributed by atoms with Gasteiger partial charge in [-0.05, 0) is 98.6 Å². The highest BCUT2D eigenvalue weighted by Gasteiger charge is 2.18. The summed E-state index contributed by atoms with van der Waals surface area (Å²) >= 11 is 0. The van der Waals surface area contributed by atoms with Gasteiger partial charge in [-0.15, -0.1) is 0 Å². The van der Waals surface area contributed by atoms with Gasteiger partial charge < -0.3 is 9.32 Å². The van der Waals surface area contributed by atoms with Gasteiger partial charge in [-0.1, -0.05) is 176 Å². The third kappa shape index (κ3) is 6.24. The van der Waals surface area contributed by atoms with Crippen molar-refractivity contribution in [2.24, 2.45) is 0 Å². The molecule has 0 saturated heterocycles. The average molecular weight is 716 g/mol. The Hall–Kier alpha value is -7.42. The van der Waals surface area contributed by atoms with E-state index in [1.807, 2.05) is 12.1 Å². The average Bonchev–Trinajstić information content (AvgIpc) is 3.67. The van der Waals surface area contributed by atoms with Crippen LogP contribution < -0.4 is 4.90 Å². The van der Waals surface area contributed by atoms with E-state index in [-0.39, 0.29) is 0 Å². The van der Waals surface area contributed by atoms with Crippen molar-refractivity contribution in [3.8, 4) is 55.6 Å². The van der Waals surface area contributed by atoms with Crippen LogP contribution in [0.15, 0.2) is 229 Å². The molecule has 1 aromatic heterocycles. The van der Waals surface area contributed by atoms with Crippen molar-refractivity contribution in [3.05, 3.63) is 224 Å². The van der Waals surface area contributed by atoms with Gasteiger partial charge in [0.15, 0.2) is 0 Å². The summed E-state index contributed by atoms with van der Waals surface area (Å²) in [5.41, 5.74) is 16.7. The fraction of sp³-hybridized carbons (Fsp3) is 0. The summed E-state index contributed by atoms with van der Waals surface area (Å²) < 4.78 is 6.56. The van der Waals surface area contributed by atoms with Crippen LogP contribution in [0.4, 0.5) is 17.1 Å². The molecule has 1 heterocycles. The maximum atomic E-state index is 6.56. The SMILES string of the molecule is c1ccc(-c2ccc(N(c3ccc(-c4ccc(-c5ccccc5)c(-c5cccc6c5oc5ccccc56)c4)cc3)c3cccc(-c4ccccc4)c3)cc2)cc1. The third-order valence-corrected chi connectivity index (χ3v) is 10.7. The van der Waals surface area contributed by atoms with Crippen molar-refractivity contribution in [2.75, 3.05) is 4.90 Å². The summed E-state index contributed by atoms with van der Waals surface area (Å²) in [6.45, 7) is 0. The highest BCUT2D eigenvalue weighted by molar-refractivity contribution is 6.10. The number of anilines is 3. The zero-order valence-corrected chi connectivity index (χ0v) is 30.7. The molecular weight excluding hydrogens is 679 g/mol. The van der Waals surface area contributed by atoms with E-state index in [0.29, 0.717) is 0 Å². The molecule has 56 heavy (non-hydrogen) atoms. The van der Waals surface area contributed by atoms with Crippen LogP contribution in [0, 0.1) is 0 Å². The van der Waals surface area contributed by atoms with Gasteiger partial charge in [0.2, 0.25) is 0 Å². The largest absolute Gasteiger partial charge is 0.455 e. The fourth-order valence-electron chi connectivity index (χ4n) is 7.91. The molecule has 0 fully saturated rings. The minimum atomic E-state index is 0.900. The minimum absolute atomic E-state index is 0.900. The predicted molar refractivity (Wildman–Crippen MR) is 236 cm³/mol. The Morgan fingerprint density at radius 3 is 1.43 bits per heavy atom. The summed E-state index contributed by atoms with van der Waals surface area (Å²) in [6.07, 6.45) is 0. The number of rotatable bonds is 8. The molecule has 9 aromatic carbocycles. The van der Waals surface area contributed by atoms with Gasteiger partial charge in [-0.3, -0.25) is 0 Å². The van der Waals surface area contributed by atoms with Crippen LogP contribution in [0.5, 0.6) is 0 Å². The maximum absolute atomic E-state index is 6.56. The number of fused-ring (bicyclic) bond motifs is 3. The molecule has 0 N–H and O–H groups in total. The molecule has 10 aromatic rings. The second kappa shape index (κ2) is 14.4. The maximum Gasteiger partial charge on any atom is 0.143 e. The highest BCUT2D eigenvalue weighted by atomic mass is 16.3. The van der Waals surface area contributed by atoms with Gasteiger partial charge in [-0.2, -0.15) is 0 Å². The summed E-state index contributed by atoms with van der Waals surface area (Å²) in [4.78, 5) is 2.34. The molecule has 0 atom stereocenters. The van der Waals surface area contributed by atoms with Crippen molar-refractivity contribution >= 4 is 39.0 Å². The molecule has 0 bridgehead atoms. The number of nitrogens with zero attached hydrogens (tertiary/aromatic N) is 1. The molecule has 0 aliphatic rings. The fourth-order valence-corrected chi connectivity index (χ4v) is 7.91. The topological polar surface area (TPSA) is 16.4 Å². The molecule has 0 saturated carbocycles. The Morgan fingerprint density at radius 2 is 0.750 bits per heavy atom. The molecule has 2 nitrogen and oxygen atoms in total. The van der Waals surface area contributed by atoms with Gasteiger partial charge in [-0.25, -0.2) is 0 Å². The van der Waals surface area contributed by atoms with Crippen LogP contribution in [0.1, 0.15) is 0 Å². The molecule has 0 spiro atoms. The molecule has 0 aliphatic carbocycles. The number of benzene rings is 9. The smallest absolute Gasteiger partial charge is 0.143 e. The number of para-hydroxylation sites is 2. The van der Waals surface area contributed by atoms with Crippen molar-refractivity contribution < 1.29 is 4.42 Å². The Balaban J connectivity index is 1.07. The number of furan rings is 1. The van der Waals surface area contributed by atoms with Crippen molar-refractivity contribution in [2.45, 2.75) is 0 Å². The van der Waals surface area contributed by atoms with Gasteiger partial charge in [0.05, 0.1) is 0 Å². The second-order valence-corrected chi connectivity index (χ2v) is 14.1. The van der Waals surface area contributed by atoms with Crippen LogP contribution in [0.3, 0.4) is 0 Å². The van der Waals surface area contributed by atoms with E-state index in [9.17, 15) is 0 Å². The van der Waals surface area contributed by atoms with Crippen molar-refractivity contribution in [3.63, 3.8) is 0 Å². The van der Waals surface area contributed by atoms with Crippen LogP contribution in [-0.2, 0) is 0 Å². The Bertz CT molecular complexity index is 2930. The highest BCUT2D eigenvalue weighted by Crippen LogP contribution is 2.43. The van der Waals surface area contributed by atoms with Crippen LogP contribution in [0.2, 0.25) is 0 Å². The van der Waals surface area contributed by atoms with Crippen molar-refractivity contribution in [1.29, 1.82) is 0 Å². The predicted octanol–water partition coefficient (Wildman–Crippen LogP) is 15.4. The molecular formula is C54H37NO. The van der Waals surface area contributed by atoms with Gasteiger partial charge >= 0.3 is 0 Å². The van der Waals surface area contributed by atoms with Crippen molar-refractivity contribution in [1.82, 2.24) is 0 Å². The standard InChI is InChI=1S/C54H37NO/c1-4-14-38(15-5-1)40-26-31-45(32-27-40)55(47-21-12-20-43(36-47)39-16-6-2-7-17-39)46-33-28-41(29-34-46)44-30-35-48(42-18-8-3-9-19-42)52(37-44)51-24-13-23-50-49-22-10-11-25-53(49)56-54(50)51/h1-37H. The van der Waals surface area contributed by atoms with E-state index in [1.54, 1.807) is 0 Å². The Labute approximate surface area is 327 Å². The zero-order chi connectivity index (χ0) is 37.3. The van der Waals surface area contributed by atoms with Crippen LogP contribution in [-0.4, -0.2) is 0 Å². The lowest BCUT2D eigenvalue weighted by atomic mass is 9.90. The second-order valence-electron chi connectivity index (χ2n) is 14.1. The normalized spacial score (nSPS) is 11.2. The first-order valence-corrected chi connectivity index (χ1v) is 19.1. The first-order valence-electron chi connectivity index (χ1n) is 19.1. The number of hydrogen-bond donors (Lipinski definition) is 0. The van der Waals surface area contributed by atoms with E-state index in [1.165, 1.54) is 33.4 Å². The van der Waals surface area contributed by atoms with E-state index in [0.717, 1.165) is 61.3 Å². The molecule has 0 unspecified atom stereocenters. The molecule has 0 aliphatic heterocycles. The Kier molecular flexibility index (Phi) is 8.55. The third-order valence-electron chi connectivity index (χ3n) is 10.7. The first kappa shape index (κ1) is 33.2. The van der Waals surface area contributed by atoms with Gasteiger partial charge in [0, 0.05) is 33.4 Å². The van der Waals surface area contributed by atoms with Gasteiger partial charge in [0.25, 0.3) is 0 Å². The summed E-state index contributed by atoms with van der Waals surface area (Å²) in [5, 5.41) is 2.26. The van der Waals surface area contributed by atoms with Crippen LogP contribution >= 0.6 is 0 Å².